The van der Waals surface area contributed by atoms with Crippen molar-refractivity contribution in [1.82, 2.24) is 14.6 Å². The number of aromatic amines is 1. The Kier molecular flexibility index (Phi) is 3.31. The zero-order valence-corrected chi connectivity index (χ0v) is 13.6. The first-order valence-electron chi connectivity index (χ1n) is 7.88. The van der Waals surface area contributed by atoms with Gasteiger partial charge in [0.2, 0.25) is 0 Å². The molecular weight excluding hydrogens is 298 g/mol. The maximum atomic E-state index is 12.5. The number of aryl methyl sites for hydroxylation is 2. The Bertz CT molecular complexity index is 1090. The van der Waals surface area contributed by atoms with Gasteiger partial charge in [-0.15, -0.1) is 0 Å². The summed E-state index contributed by atoms with van der Waals surface area (Å²) in [4.78, 5) is 17.3. The second kappa shape index (κ2) is 5.49. The average Bonchev–Trinajstić information content (AvgIpc) is 2.93. The first-order chi connectivity index (χ1) is 11.6. The Morgan fingerprint density at radius 1 is 0.917 bits per heavy atom. The van der Waals surface area contributed by atoms with E-state index in [1.165, 1.54) is 4.52 Å². The molecular formula is C20H17N3O. The third-order valence-electron chi connectivity index (χ3n) is 4.23. The van der Waals surface area contributed by atoms with Gasteiger partial charge in [0.25, 0.3) is 5.56 Å². The summed E-state index contributed by atoms with van der Waals surface area (Å²) in [5.74, 6) is 0. The van der Waals surface area contributed by atoms with Crippen molar-refractivity contribution in [2.75, 3.05) is 0 Å². The Morgan fingerprint density at radius 2 is 1.67 bits per heavy atom. The molecule has 0 atom stereocenters. The van der Waals surface area contributed by atoms with Crippen molar-refractivity contribution >= 4 is 5.65 Å². The molecule has 2 aromatic heterocycles. The standard InChI is InChI=1S/C20H17N3O/c1-13-7-6-10-16(11-13)17-12-18(24)23-20(21-17)14(2)19(22-23)15-8-4-3-5-9-15/h3-12,22H,1-2H3. The number of nitrogens with zero attached hydrogens (tertiary/aromatic N) is 2. The summed E-state index contributed by atoms with van der Waals surface area (Å²) in [6.45, 7) is 4.02. The van der Waals surface area contributed by atoms with Crippen LogP contribution in [-0.2, 0) is 0 Å². The van der Waals surface area contributed by atoms with Crippen LogP contribution in [0.2, 0.25) is 0 Å². The van der Waals surface area contributed by atoms with Crippen molar-refractivity contribution in [2.24, 2.45) is 0 Å². The smallest absolute Gasteiger partial charge is 0.273 e. The van der Waals surface area contributed by atoms with Gasteiger partial charge in [-0.25, -0.2) is 9.50 Å². The van der Waals surface area contributed by atoms with E-state index in [-0.39, 0.29) is 5.56 Å². The van der Waals surface area contributed by atoms with E-state index in [9.17, 15) is 4.79 Å². The molecule has 4 nitrogen and oxygen atoms in total. The van der Waals surface area contributed by atoms with E-state index >= 15 is 0 Å². The number of hydrogen-bond acceptors (Lipinski definition) is 2. The van der Waals surface area contributed by atoms with Gasteiger partial charge >= 0.3 is 0 Å². The lowest BCUT2D eigenvalue weighted by molar-refractivity contribution is 0.904. The molecule has 118 valence electrons. The fraction of sp³-hybridized carbons (Fsp3) is 0.100. The maximum Gasteiger partial charge on any atom is 0.273 e. The highest BCUT2D eigenvalue weighted by Gasteiger charge is 2.13. The molecule has 4 rings (SSSR count). The van der Waals surface area contributed by atoms with E-state index in [0.717, 1.165) is 27.9 Å². The number of nitrogens with one attached hydrogen (secondary N) is 1. The minimum absolute atomic E-state index is 0.109. The quantitative estimate of drug-likeness (QED) is 0.608. The predicted octanol–water partition coefficient (Wildman–Crippen LogP) is 3.97. The first kappa shape index (κ1) is 14.5. The van der Waals surface area contributed by atoms with E-state index < -0.39 is 0 Å². The molecule has 0 unspecified atom stereocenters. The van der Waals surface area contributed by atoms with Crippen LogP contribution in [-0.4, -0.2) is 14.6 Å². The number of rotatable bonds is 2. The van der Waals surface area contributed by atoms with Crippen LogP contribution in [0.1, 0.15) is 11.1 Å². The summed E-state index contributed by atoms with van der Waals surface area (Å²) in [6.07, 6.45) is 0. The molecule has 0 fully saturated rings. The van der Waals surface area contributed by atoms with E-state index in [1.54, 1.807) is 6.07 Å². The van der Waals surface area contributed by atoms with Gasteiger partial charge in [0, 0.05) is 17.2 Å². The van der Waals surface area contributed by atoms with Gasteiger partial charge in [-0.3, -0.25) is 9.89 Å². The van der Waals surface area contributed by atoms with Gasteiger partial charge in [0.15, 0.2) is 5.65 Å². The highest BCUT2D eigenvalue weighted by atomic mass is 16.1. The van der Waals surface area contributed by atoms with Gasteiger partial charge in [-0.2, -0.15) is 0 Å². The van der Waals surface area contributed by atoms with Crippen LogP contribution in [0.5, 0.6) is 0 Å². The average molecular weight is 315 g/mol. The molecule has 0 aliphatic heterocycles. The maximum absolute atomic E-state index is 12.5. The molecule has 2 heterocycles. The minimum atomic E-state index is -0.109. The molecule has 0 radical (unpaired) electrons. The highest BCUT2D eigenvalue weighted by Crippen LogP contribution is 2.25. The Balaban J connectivity index is 1.96. The molecule has 24 heavy (non-hydrogen) atoms. The summed E-state index contributed by atoms with van der Waals surface area (Å²) in [6, 6.07) is 19.6. The van der Waals surface area contributed by atoms with Gasteiger partial charge in [-0.05, 0) is 25.5 Å². The van der Waals surface area contributed by atoms with Crippen LogP contribution in [0.15, 0.2) is 65.5 Å². The normalized spacial score (nSPS) is 11.1. The van der Waals surface area contributed by atoms with E-state index in [0.29, 0.717) is 11.3 Å². The predicted molar refractivity (Wildman–Crippen MR) is 96.2 cm³/mol. The number of H-pyrrole nitrogens is 1. The van der Waals surface area contributed by atoms with Gasteiger partial charge in [0.1, 0.15) is 0 Å². The molecule has 1 N–H and O–H groups in total. The Hall–Kier alpha value is -3.14. The van der Waals surface area contributed by atoms with Crippen molar-refractivity contribution in [3.8, 4) is 22.5 Å². The Morgan fingerprint density at radius 3 is 2.42 bits per heavy atom. The third kappa shape index (κ3) is 2.33. The SMILES string of the molecule is Cc1cccc(-c2cc(=O)n3[nH]c(-c4ccccc4)c(C)c3n2)c1. The van der Waals surface area contributed by atoms with Crippen molar-refractivity contribution < 1.29 is 0 Å². The van der Waals surface area contributed by atoms with Crippen molar-refractivity contribution in [2.45, 2.75) is 13.8 Å². The summed E-state index contributed by atoms with van der Waals surface area (Å²) in [5, 5.41) is 3.18. The third-order valence-corrected chi connectivity index (χ3v) is 4.23. The fourth-order valence-electron chi connectivity index (χ4n) is 2.99. The van der Waals surface area contributed by atoms with E-state index in [1.807, 2.05) is 68.4 Å². The summed E-state index contributed by atoms with van der Waals surface area (Å²) in [5.41, 5.74) is 6.28. The van der Waals surface area contributed by atoms with E-state index in [4.69, 9.17) is 4.98 Å². The van der Waals surface area contributed by atoms with Crippen molar-refractivity contribution in [1.29, 1.82) is 0 Å². The van der Waals surface area contributed by atoms with Gasteiger partial charge in [0.05, 0.1) is 11.4 Å². The fourth-order valence-corrected chi connectivity index (χ4v) is 2.99. The second-order valence-corrected chi connectivity index (χ2v) is 5.99. The molecule has 4 heteroatoms. The van der Waals surface area contributed by atoms with Crippen LogP contribution in [0.4, 0.5) is 0 Å². The Labute approximate surface area is 139 Å². The van der Waals surface area contributed by atoms with Crippen LogP contribution in [0, 0.1) is 13.8 Å². The molecule has 0 bridgehead atoms. The van der Waals surface area contributed by atoms with E-state index in [2.05, 4.69) is 5.10 Å². The van der Waals surface area contributed by atoms with Gasteiger partial charge < -0.3 is 0 Å². The second-order valence-electron chi connectivity index (χ2n) is 5.99. The van der Waals surface area contributed by atoms with Gasteiger partial charge in [-0.1, -0.05) is 54.1 Å². The molecule has 0 aliphatic rings. The molecule has 0 saturated carbocycles. The highest BCUT2D eigenvalue weighted by molar-refractivity contribution is 5.72. The zero-order chi connectivity index (χ0) is 16.7. The molecule has 0 amide bonds. The molecule has 0 saturated heterocycles. The first-order valence-corrected chi connectivity index (χ1v) is 7.88. The van der Waals surface area contributed by atoms with Crippen molar-refractivity contribution in [3.63, 3.8) is 0 Å². The summed E-state index contributed by atoms with van der Waals surface area (Å²) < 4.78 is 1.51. The lowest BCUT2D eigenvalue weighted by Crippen LogP contribution is -2.14. The van der Waals surface area contributed by atoms with Crippen molar-refractivity contribution in [3.05, 3.63) is 82.1 Å². The molecule has 0 aliphatic carbocycles. The van der Waals surface area contributed by atoms with Crippen LogP contribution in [0.25, 0.3) is 28.2 Å². The molecule has 0 spiro atoms. The molecule has 4 aromatic rings. The summed E-state index contributed by atoms with van der Waals surface area (Å²) >= 11 is 0. The monoisotopic (exact) mass is 315 g/mol. The number of benzene rings is 2. The number of fused-ring (bicyclic) bond motifs is 1. The van der Waals surface area contributed by atoms with Crippen LogP contribution < -0.4 is 5.56 Å². The number of hydrogen-bond donors (Lipinski definition) is 1. The lowest BCUT2D eigenvalue weighted by Gasteiger charge is -2.02. The van der Waals surface area contributed by atoms with Crippen LogP contribution >= 0.6 is 0 Å². The number of aromatic nitrogens is 3. The minimum Gasteiger partial charge on any atom is -0.289 e. The largest absolute Gasteiger partial charge is 0.289 e. The lowest BCUT2D eigenvalue weighted by atomic mass is 10.1. The molecule has 2 aromatic carbocycles. The summed E-state index contributed by atoms with van der Waals surface area (Å²) in [7, 11) is 0. The zero-order valence-electron chi connectivity index (χ0n) is 13.6. The topological polar surface area (TPSA) is 50.2 Å². The van der Waals surface area contributed by atoms with Crippen LogP contribution in [0.3, 0.4) is 0 Å².